The fraction of sp³-hybridized carbons (Fsp3) is 0.433. The Kier molecular flexibility index (Phi) is 16.3. The molecule has 0 bridgehead atoms. The number of pyridine rings is 1. The normalized spacial score (nSPS) is 14.0. The number of carboxylic acids is 1. The van der Waals surface area contributed by atoms with Crippen molar-refractivity contribution < 1.29 is 19.4 Å². The highest BCUT2D eigenvalue weighted by molar-refractivity contribution is 5.89. The van der Waals surface area contributed by atoms with Gasteiger partial charge in [-0.1, -0.05) is 74.6 Å². The molecule has 2 atom stereocenters. The monoisotopic (exact) mass is 479 g/mol. The molecule has 2 unspecified atom stereocenters. The lowest BCUT2D eigenvalue weighted by Crippen LogP contribution is -2.23. The molecule has 190 valence electrons. The maximum atomic E-state index is 12.2. The number of carbonyl (C=O) groups excluding carboxylic acids is 1. The molecule has 0 saturated heterocycles. The number of hydrogen-bond donors (Lipinski definition) is 1. The van der Waals surface area contributed by atoms with Crippen LogP contribution in [-0.2, 0) is 9.53 Å². The van der Waals surface area contributed by atoms with Gasteiger partial charge in [-0.3, -0.25) is 9.78 Å². The van der Waals surface area contributed by atoms with Crippen LogP contribution >= 0.6 is 0 Å². The summed E-state index contributed by atoms with van der Waals surface area (Å²) in [6, 6.07) is 3.10. The quantitative estimate of drug-likeness (QED) is 0.140. The van der Waals surface area contributed by atoms with Crippen LogP contribution < -0.4 is 0 Å². The van der Waals surface area contributed by atoms with Crippen LogP contribution in [0.4, 0.5) is 0 Å². The SMILES string of the molecule is CCC=CCC=CCC=CCC=CCC=CCCCC(=O)OC(C)C(C)c1ncccc1C(=O)O. The molecule has 0 saturated carbocycles. The summed E-state index contributed by atoms with van der Waals surface area (Å²) in [4.78, 5) is 27.7. The largest absolute Gasteiger partial charge is 0.478 e. The third kappa shape index (κ3) is 13.9. The molecule has 0 aromatic carbocycles. The van der Waals surface area contributed by atoms with E-state index in [9.17, 15) is 14.7 Å². The van der Waals surface area contributed by atoms with Gasteiger partial charge < -0.3 is 9.84 Å². The van der Waals surface area contributed by atoms with E-state index in [2.05, 4.69) is 72.7 Å². The molecule has 1 N–H and O–H groups in total. The Morgan fingerprint density at radius 3 is 2.00 bits per heavy atom. The van der Waals surface area contributed by atoms with Gasteiger partial charge >= 0.3 is 11.9 Å². The summed E-state index contributed by atoms with van der Waals surface area (Å²) in [5.41, 5.74) is 0.570. The van der Waals surface area contributed by atoms with Gasteiger partial charge in [0.2, 0.25) is 0 Å². The zero-order valence-corrected chi connectivity index (χ0v) is 21.4. The summed E-state index contributed by atoms with van der Waals surface area (Å²) >= 11 is 0. The molecule has 0 aliphatic carbocycles. The van der Waals surface area contributed by atoms with E-state index in [1.807, 2.05) is 6.92 Å². The maximum Gasteiger partial charge on any atom is 0.337 e. The average molecular weight is 480 g/mol. The number of carboxylic acid groups (broad SMARTS) is 1. The lowest BCUT2D eigenvalue weighted by Gasteiger charge is -2.21. The van der Waals surface area contributed by atoms with E-state index < -0.39 is 12.1 Å². The Hall–Kier alpha value is -3.21. The fourth-order valence-electron chi connectivity index (χ4n) is 3.28. The van der Waals surface area contributed by atoms with Crippen LogP contribution in [0, 0.1) is 0 Å². The number of nitrogens with zero attached hydrogens (tertiary/aromatic N) is 1. The second kappa shape index (κ2) is 19.1. The third-order valence-electron chi connectivity index (χ3n) is 5.43. The summed E-state index contributed by atoms with van der Waals surface area (Å²) in [6.07, 6.45) is 29.5. The van der Waals surface area contributed by atoms with Crippen LogP contribution in [0.1, 0.15) is 94.1 Å². The highest BCUT2D eigenvalue weighted by atomic mass is 16.5. The van der Waals surface area contributed by atoms with E-state index in [-0.39, 0.29) is 17.5 Å². The first-order valence-electron chi connectivity index (χ1n) is 12.6. The lowest BCUT2D eigenvalue weighted by atomic mass is 9.97. The van der Waals surface area contributed by atoms with Crippen molar-refractivity contribution in [1.82, 2.24) is 4.98 Å². The molecule has 1 heterocycles. The molecule has 35 heavy (non-hydrogen) atoms. The number of carbonyl (C=O) groups is 2. The van der Waals surface area contributed by atoms with Crippen molar-refractivity contribution in [2.75, 3.05) is 0 Å². The highest BCUT2D eigenvalue weighted by Crippen LogP contribution is 2.23. The Labute approximate surface area is 211 Å². The predicted molar refractivity (Wildman–Crippen MR) is 143 cm³/mol. The third-order valence-corrected chi connectivity index (χ3v) is 5.43. The first-order valence-corrected chi connectivity index (χ1v) is 12.6. The number of aromatic carboxylic acids is 1. The molecule has 0 fully saturated rings. The van der Waals surface area contributed by atoms with Gasteiger partial charge in [0.05, 0.1) is 11.3 Å². The van der Waals surface area contributed by atoms with Crippen molar-refractivity contribution in [3.05, 3.63) is 90.3 Å². The van der Waals surface area contributed by atoms with Gasteiger partial charge in [0.25, 0.3) is 0 Å². The van der Waals surface area contributed by atoms with Gasteiger partial charge in [0.15, 0.2) is 0 Å². The van der Waals surface area contributed by atoms with Gasteiger partial charge in [-0.05, 0) is 64.0 Å². The van der Waals surface area contributed by atoms with Gasteiger partial charge in [-0.2, -0.15) is 0 Å². The standard InChI is InChI=1S/C30H41NO4/c1-4-5-6-7-8-9-10-11-12-13-14-15-16-17-18-19-20-23-28(32)35-26(3)25(2)29-27(30(33)34)22-21-24-31-29/h5-6,8-9,11-12,14-15,17-18,21-22,24-26H,4,7,10,13,16,19-20,23H2,1-3H3,(H,33,34). The van der Waals surface area contributed by atoms with Crippen molar-refractivity contribution in [1.29, 1.82) is 0 Å². The first kappa shape index (κ1) is 29.8. The Morgan fingerprint density at radius 2 is 1.46 bits per heavy atom. The van der Waals surface area contributed by atoms with E-state index in [0.717, 1.165) is 38.5 Å². The van der Waals surface area contributed by atoms with E-state index in [0.29, 0.717) is 18.5 Å². The fourth-order valence-corrected chi connectivity index (χ4v) is 3.28. The second-order valence-electron chi connectivity index (χ2n) is 8.33. The van der Waals surface area contributed by atoms with Crippen LogP contribution in [0.25, 0.3) is 0 Å². The van der Waals surface area contributed by atoms with Crippen molar-refractivity contribution >= 4 is 11.9 Å². The van der Waals surface area contributed by atoms with E-state index >= 15 is 0 Å². The van der Waals surface area contributed by atoms with E-state index in [1.54, 1.807) is 19.2 Å². The Bertz CT molecular complexity index is 895. The molecular weight excluding hydrogens is 438 g/mol. The molecule has 0 spiro atoms. The van der Waals surface area contributed by atoms with Crippen LogP contribution in [0.5, 0.6) is 0 Å². The molecule has 0 aliphatic rings. The zero-order valence-electron chi connectivity index (χ0n) is 21.4. The number of hydrogen-bond acceptors (Lipinski definition) is 4. The predicted octanol–water partition coefficient (Wildman–Crippen LogP) is 7.74. The molecule has 1 rings (SSSR count). The van der Waals surface area contributed by atoms with Crippen molar-refractivity contribution in [2.45, 2.75) is 84.2 Å². The molecule has 5 heteroatoms. The number of unbranched alkanes of at least 4 members (excludes halogenated alkanes) is 1. The zero-order chi connectivity index (χ0) is 25.7. The number of ether oxygens (including phenoxy) is 1. The smallest absolute Gasteiger partial charge is 0.337 e. The van der Waals surface area contributed by atoms with Gasteiger partial charge in [0.1, 0.15) is 6.10 Å². The topological polar surface area (TPSA) is 76.5 Å². The first-order chi connectivity index (χ1) is 17.0. The Morgan fingerprint density at radius 1 is 0.914 bits per heavy atom. The molecule has 1 aromatic rings. The summed E-state index contributed by atoms with van der Waals surface area (Å²) in [5.74, 6) is -1.61. The Balaban J connectivity index is 2.18. The average Bonchev–Trinajstić information content (AvgIpc) is 2.85. The van der Waals surface area contributed by atoms with Gasteiger partial charge in [-0.25, -0.2) is 4.79 Å². The second-order valence-corrected chi connectivity index (χ2v) is 8.33. The van der Waals surface area contributed by atoms with Crippen molar-refractivity contribution in [2.24, 2.45) is 0 Å². The number of aromatic nitrogens is 1. The maximum absolute atomic E-state index is 12.2. The lowest BCUT2D eigenvalue weighted by molar-refractivity contribution is -0.149. The van der Waals surface area contributed by atoms with E-state index in [1.165, 1.54) is 6.07 Å². The molecule has 5 nitrogen and oxygen atoms in total. The molecular formula is C30H41NO4. The minimum atomic E-state index is -1.03. The summed E-state index contributed by atoms with van der Waals surface area (Å²) in [7, 11) is 0. The minimum absolute atomic E-state index is 0.140. The van der Waals surface area contributed by atoms with Crippen LogP contribution in [0.3, 0.4) is 0 Å². The number of rotatable bonds is 17. The molecule has 0 amide bonds. The van der Waals surface area contributed by atoms with Crippen LogP contribution in [0.15, 0.2) is 79.1 Å². The van der Waals surface area contributed by atoms with E-state index in [4.69, 9.17) is 4.74 Å². The minimum Gasteiger partial charge on any atom is -0.478 e. The molecule has 0 aliphatic heterocycles. The van der Waals surface area contributed by atoms with Crippen LogP contribution in [0.2, 0.25) is 0 Å². The van der Waals surface area contributed by atoms with Crippen molar-refractivity contribution in [3.8, 4) is 0 Å². The summed E-state index contributed by atoms with van der Waals surface area (Å²) in [6.45, 7) is 5.73. The molecule has 0 radical (unpaired) electrons. The summed E-state index contributed by atoms with van der Waals surface area (Å²) < 4.78 is 5.51. The summed E-state index contributed by atoms with van der Waals surface area (Å²) in [5, 5.41) is 9.33. The molecule has 1 aromatic heterocycles. The van der Waals surface area contributed by atoms with Gasteiger partial charge in [-0.15, -0.1) is 0 Å². The van der Waals surface area contributed by atoms with Crippen LogP contribution in [-0.4, -0.2) is 28.1 Å². The number of allylic oxidation sites excluding steroid dienone is 10. The van der Waals surface area contributed by atoms with Crippen molar-refractivity contribution in [3.63, 3.8) is 0 Å². The number of esters is 1. The highest BCUT2D eigenvalue weighted by Gasteiger charge is 2.24. The van der Waals surface area contributed by atoms with Gasteiger partial charge in [0, 0.05) is 18.5 Å².